The van der Waals surface area contributed by atoms with E-state index < -0.39 is 0 Å². The second-order valence-electron chi connectivity index (χ2n) is 5.91. The summed E-state index contributed by atoms with van der Waals surface area (Å²) in [7, 11) is 0. The Hall–Kier alpha value is -0.120. The van der Waals surface area contributed by atoms with Gasteiger partial charge in [-0.2, -0.15) is 0 Å². The fourth-order valence-electron chi connectivity index (χ4n) is 2.69. The van der Waals surface area contributed by atoms with Crippen molar-refractivity contribution in [2.75, 3.05) is 6.61 Å². The van der Waals surface area contributed by atoms with Crippen molar-refractivity contribution in [3.63, 3.8) is 0 Å². The molecule has 3 heteroatoms. The van der Waals surface area contributed by atoms with Gasteiger partial charge < -0.3 is 15.2 Å². The summed E-state index contributed by atoms with van der Waals surface area (Å²) < 4.78 is 11.8. The Kier molecular flexibility index (Phi) is 3.88. The van der Waals surface area contributed by atoms with Crippen LogP contribution in [0.1, 0.15) is 52.4 Å². The average Bonchev–Trinajstić information content (AvgIpc) is 2.58. The highest BCUT2D eigenvalue weighted by Crippen LogP contribution is 2.30. The molecule has 2 N–H and O–H groups in total. The first-order chi connectivity index (χ1) is 7.55. The maximum Gasteiger partial charge on any atom is 0.0816 e. The van der Waals surface area contributed by atoms with Crippen LogP contribution in [0.25, 0.3) is 0 Å². The highest BCUT2D eigenvalue weighted by Gasteiger charge is 2.32. The molecule has 1 aliphatic carbocycles. The van der Waals surface area contributed by atoms with Gasteiger partial charge in [0.05, 0.1) is 24.4 Å². The minimum absolute atomic E-state index is 0.0585. The van der Waals surface area contributed by atoms with Gasteiger partial charge in [-0.3, -0.25) is 0 Å². The molecule has 2 aliphatic rings. The lowest BCUT2D eigenvalue weighted by molar-refractivity contribution is -0.0763. The van der Waals surface area contributed by atoms with E-state index in [9.17, 15) is 0 Å². The summed E-state index contributed by atoms with van der Waals surface area (Å²) in [6, 6.07) is 0.404. The number of hydrogen-bond donors (Lipinski definition) is 1. The van der Waals surface area contributed by atoms with E-state index in [0.29, 0.717) is 18.2 Å². The molecule has 0 aromatic heterocycles. The van der Waals surface area contributed by atoms with Gasteiger partial charge in [0, 0.05) is 6.04 Å². The zero-order valence-corrected chi connectivity index (χ0v) is 10.6. The van der Waals surface area contributed by atoms with E-state index in [2.05, 4.69) is 13.8 Å². The van der Waals surface area contributed by atoms with E-state index in [0.717, 1.165) is 45.1 Å². The molecule has 0 amide bonds. The van der Waals surface area contributed by atoms with Gasteiger partial charge in [-0.1, -0.05) is 0 Å². The third-order valence-corrected chi connectivity index (χ3v) is 3.79. The minimum atomic E-state index is 0.0585. The molecule has 3 nitrogen and oxygen atoms in total. The van der Waals surface area contributed by atoms with E-state index in [1.807, 2.05) is 0 Å². The van der Waals surface area contributed by atoms with Crippen molar-refractivity contribution < 1.29 is 9.47 Å². The fraction of sp³-hybridized carbons (Fsp3) is 1.00. The molecule has 1 unspecified atom stereocenters. The summed E-state index contributed by atoms with van der Waals surface area (Å²) in [5.41, 5.74) is 5.93. The monoisotopic (exact) mass is 227 g/mol. The largest absolute Gasteiger partial charge is 0.376 e. The highest BCUT2D eigenvalue weighted by atomic mass is 16.6. The Balaban J connectivity index is 1.65. The van der Waals surface area contributed by atoms with Gasteiger partial charge in [0.1, 0.15) is 0 Å². The Bertz CT molecular complexity index is 222. The first-order valence-corrected chi connectivity index (χ1v) is 6.60. The van der Waals surface area contributed by atoms with Gasteiger partial charge in [0.2, 0.25) is 0 Å². The Labute approximate surface area is 98.7 Å². The van der Waals surface area contributed by atoms with Crippen molar-refractivity contribution in [3.05, 3.63) is 0 Å². The summed E-state index contributed by atoms with van der Waals surface area (Å²) in [6.45, 7) is 5.09. The molecule has 0 radical (unpaired) electrons. The maximum absolute atomic E-state index is 5.93. The molecular weight excluding hydrogens is 202 g/mol. The molecule has 1 saturated carbocycles. The van der Waals surface area contributed by atoms with Crippen LogP contribution >= 0.6 is 0 Å². The lowest BCUT2D eigenvalue weighted by Crippen LogP contribution is -2.32. The quantitative estimate of drug-likeness (QED) is 0.804. The molecule has 1 heterocycles. The van der Waals surface area contributed by atoms with E-state index in [1.165, 1.54) is 0 Å². The van der Waals surface area contributed by atoms with Crippen LogP contribution in [0.3, 0.4) is 0 Å². The molecule has 1 atom stereocenters. The number of ether oxygens (including phenoxy) is 2. The standard InChI is InChI=1S/C13H25NO2/c1-13(2)8-7-12(16-13)9-15-11-5-3-10(14)4-6-11/h10-12H,3-9,14H2,1-2H3. The van der Waals surface area contributed by atoms with Gasteiger partial charge >= 0.3 is 0 Å². The summed E-state index contributed by atoms with van der Waals surface area (Å²) >= 11 is 0. The normalized spacial score (nSPS) is 38.8. The van der Waals surface area contributed by atoms with Crippen molar-refractivity contribution in [3.8, 4) is 0 Å². The predicted molar refractivity (Wildman–Crippen MR) is 64.4 cm³/mol. The molecule has 0 aromatic carbocycles. The van der Waals surface area contributed by atoms with Crippen molar-refractivity contribution in [1.29, 1.82) is 0 Å². The van der Waals surface area contributed by atoms with Crippen LogP contribution in [-0.4, -0.2) is 30.5 Å². The molecule has 2 rings (SSSR count). The van der Waals surface area contributed by atoms with Gasteiger partial charge in [0.25, 0.3) is 0 Å². The topological polar surface area (TPSA) is 44.5 Å². The smallest absolute Gasteiger partial charge is 0.0816 e. The third-order valence-electron chi connectivity index (χ3n) is 3.79. The first-order valence-electron chi connectivity index (χ1n) is 6.60. The average molecular weight is 227 g/mol. The van der Waals surface area contributed by atoms with Gasteiger partial charge in [-0.25, -0.2) is 0 Å². The van der Waals surface area contributed by atoms with Crippen LogP contribution in [0.4, 0.5) is 0 Å². The second-order valence-corrected chi connectivity index (χ2v) is 5.91. The Morgan fingerprint density at radius 3 is 2.44 bits per heavy atom. The molecular formula is C13H25NO2. The van der Waals surface area contributed by atoms with Crippen LogP contribution < -0.4 is 5.73 Å². The fourth-order valence-corrected chi connectivity index (χ4v) is 2.69. The zero-order chi connectivity index (χ0) is 11.6. The summed E-state index contributed by atoms with van der Waals surface area (Å²) in [5.74, 6) is 0. The van der Waals surface area contributed by atoms with E-state index >= 15 is 0 Å². The Morgan fingerprint density at radius 2 is 1.88 bits per heavy atom. The maximum atomic E-state index is 5.93. The highest BCUT2D eigenvalue weighted by molar-refractivity contribution is 4.81. The zero-order valence-electron chi connectivity index (χ0n) is 10.6. The van der Waals surface area contributed by atoms with Crippen LogP contribution in [-0.2, 0) is 9.47 Å². The van der Waals surface area contributed by atoms with Gasteiger partial charge in [0.15, 0.2) is 0 Å². The first kappa shape index (κ1) is 12.3. The summed E-state index contributed by atoms with van der Waals surface area (Å²) in [6.07, 6.45) is 7.49. The van der Waals surface area contributed by atoms with E-state index in [1.54, 1.807) is 0 Å². The van der Waals surface area contributed by atoms with Crippen LogP contribution in [0.5, 0.6) is 0 Å². The van der Waals surface area contributed by atoms with E-state index in [4.69, 9.17) is 15.2 Å². The molecule has 1 saturated heterocycles. The van der Waals surface area contributed by atoms with Crippen LogP contribution in [0.15, 0.2) is 0 Å². The van der Waals surface area contributed by atoms with Crippen molar-refractivity contribution in [2.24, 2.45) is 5.73 Å². The predicted octanol–water partition coefficient (Wildman–Crippen LogP) is 2.23. The number of nitrogens with two attached hydrogens (primary N) is 1. The SMILES string of the molecule is CC1(C)CCC(COC2CCC(N)CC2)O1. The molecule has 94 valence electrons. The van der Waals surface area contributed by atoms with Crippen molar-refractivity contribution in [1.82, 2.24) is 0 Å². The molecule has 0 bridgehead atoms. The second kappa shape index (κ2) is 5.03. The third kappa shape index (κ3) is 3.44. The van der Waals surface area contributed by atoms with Crippen molar-refractivity contribution in [2.45, 2.75) is 76.2 Å². The number of hydrogen-bond acceptors (Lipinski definition) is 3. The van der Waals surface area contributed by atoms with Crippen LogP contribution in [0.2, 0.25) is 0 Å². The lowest BCUT2D eigenvalue weighted by atomic mass is 9.94. The minimum Gasteiger partial charge on any atom is -0.376 e. The van der Waals surface area contributed by atoms with E-state index in [-0.39, 0.29) is 5.60 Å². The van der Waals surface area contributed by atoms with Crippen LogP contribution in [0, 0.1) is 0 Å². The lowest BCUT2D eigenvalue weighted by Gasteiger charge is -2.27. The number of rotatable bonds is 3. The molecule has 16 heavy (non-hydrogen) atoms. The molecule has 1 aliphatic heterocycles. The van der Waals surface area contributed by atoms with Gasteiger partial charge in [-0.05, 0) is 52.4 Å². The molecule has 0 spiro atoms. The van der Waals surface area contributed by atoms with Gasteiger partial charge in [-0.15, -0.1) is 0 Å². The molecule has 0 aromatic rings. The van der Waals surface area contributed by atoms with Crippen molar-refractivity contribution >= 4 is 0 Å². The molecule has 2 fully saturated rings. The Morgan fingerprint density at radius 1 is 1.19 bits per heavy atom. The summed E-state index contributed by atoms with van der Waals surface area (Å²) in [5, 5.41) is 0. The summed E-state index contributed by atoms with van der Waals surface area (Å²) in [4.78, 5) is 0.